The molecular weight excluding hydrogens is 251 g/mol. The number of hydrogen-bond donors (Lipinski definition) is 0. The van der Waals surface area contributed by atoms with Crippen molar-refractivity contribution in [3.63, 3.8) is 0 Å². The van der Waals surface area contributed by atoms with Gasteiger partial charge in [-0.25, -0.2) is 4.39 Å². The molecule has 0 aliphatic heterocycles. The average molecular weight is 265 g/mol. The van der Waals surface area contributed by atoms with E-state index in [-0.39, 0.29) is 5.82 Å². The monoisotopic (exact) mass is 264 g/mol. The minimum Gasteiger partial charge on any atom is -0.370 e. The standard InChI is InChI=1S/C14H14ClFN2/c1-18(10-11-4-2-3-5-13(11)16)14-6-7-17-9-12(14)8-15/h2-7,9H,8,10H2,1H3. The van der Waals surface area contributed by atoms with Gasteiger partial charge in [0.25, 0.3) is 0 Å². The van der Waals surface area contributed by atoms with Gasteiger partial charge in [0, 0.05) is 42.8 Å². The molecule has 0 fully saturated rings. The van der Waals surface area contributed by atoms with Gasteiger partial charge in [-0.15, -0.1) is 11.6 Å². The summed E-state index contributed by atoms with van der Waals surface area (Å²) >= 11 is 5.87. The van der Waals surface area contributed by atoms with Crippen LogP contribution in [0.15, 0.2) is 42.7 Å². The number of rotatable bonds is 4. The van der Waals surface area contributed by atoms with Gasteiger partial charge in [-0.1, -0.05) is 18.2 Å². The van der Waals surface area contributed by atoms with Crippen LogP contribution in [0.1, 0.15) is 11.1 Å². The van der Waals surface area contributed by atoms with E-state index in [0.717, 1.165) is 11.3 Å². The molecule has 0 atom stereocenters. The predicted octanol–water partition coefficient (Wildman–Crippen LogP) is 3.60. The average Bonchev–Trinajstić information content (AvgIpc) is 2.41. The Hall–Kier alpha value is -1.61. The van der Waals surface area contributed by atoms with E-state index >= 15 is 0 Å². The zero-order valence-corrected chi connectivity index (χ0v) is 10.9. The first-order valence-corrected chi connectivity index (χ1v) is 6.19. The molecule has 2 aromatic rings. The van der Waals surface area contributed by atoms with Gasteiger partial charge >= 0.3 is 0 Å². The number of aromatic nitrogens is 1. The smallest absolute Gasteiger partial charge is 0.128 e. The van der Waals surface area contributed by atoms with Gasteiger partial charge in [0.15, 0.2) is 0 Å². The predicted molar refractivity (Wildman–Crippen MR) is 72.3 cm³/mol. The van der Waals surface area contributed by atoms with Crippen LogP contribution in [0.5, 0.6) is 0 Å². The molecular formula is C14H14ClFN2. The lowest BCUT2D eigenvalue weighted by molar-refractivity contribution is 0.608. The number of benzene rings is 1. The topological polar surface area (TPSA) is 16.1 Å². The van der Waals surface area contributed by atoms with Crippen molar-refractivity contribution in [2.24, 2.45) is 0 Å². The van der Waals surface area contributed by atoms with Crippen molar-refractivity contribution in [1.82, 2.24) is 4.98 Å². The van der Waals surface area contributed by atoms with E-state index in [4.69, 9.17) is 11.6 Å². The lowest BCUT2D eigenvalue weighted by Gasteiger charge is -2.21. The van der Waals surface area contributed by atoms with Crippen LogP contribution in [0.4, 0.5) is 10.1 Å². The lowest BCUT2D eigenvalue weighted by atomic mass is 10.1. The van der Waals surface area contributed by atoms with Crippen LogP contribution < -0.4 is 4.90 Å². The molecule has 94 valence electrons. The largest absolute Gasteiger partial charge is 0.370 e. The van der Waals surface area contributed by atoms with Crippen molar-refractivity contribution < 1.29 is 4.39 Å². The van der Waals surface area contributed by atoms with Crippen molar-refractivity contribution in [3.8, 4) is 0 Å². The maximum absolute atomic E-state index is 13.6. The Morgan fingerprint density at radius 2 is 2.00 bits per heavy atom. The van der Waals surface area contributed by atoms with E-state index in [1.165, 1.54) is 6.07 Å². The molecule has 1 aromatic carbocycles. The summed E-state index contributed by atoms with van der Waals surface area (Å²) in [5.74, 6) is 0.205. The summed E-state index contributed by atoms with van der Waals surface area (Å²) in [7, 11) is 1.91. The van der Waals surface area contributed by atoms with E-state index in [1.54, 1.807) is 24.5 Å². The minimum atomic E-state index is -0.189. The fourth-order valence-corrected chi connectivity index (χ4v) is 2.07. The molecule has 0 bridgehead atoms. The first-order chi connectivity index (χ1) is 8.72. The SMILES string of the molecule is CN(Cc1ccccc1F)c1ccncc1CCl. The number of pyridine rings is 1. The Morgan fingerprint density at radius 3 is 2.72 bits per heavy atom. The van der Waals surface area contributed by atoms with E-state index in [2.05, 4.69) is 4.98 Å². The molecule has 4 heteroatoms. The molecule has 0 aliphatic carbocycles. The maximum atomic E-state index is 13.6. The Morgan fingerprint density at radius 1 is 1.22 bits per heavy atom. The normalized spacial score (nSPS) is 10.4. The summed E-state index contributed by atoms with van der Waals surface area (Å²) < 4.78 is 13.6. The number of anilines is 1. The van der Waals surface area contributed by atoms with Crippen LogP contribution in [0.3, 0.4) is 0 Å². The van der Waals surface area contributed by atoms with Gasteiger partial charge in [0.1, 0.15) is 5.82 Å². The zero-order chi connectivity index (χ0) is 13.0. The minimum absolute atomic E-state index is 0.189. The Balaban J connectivity index is 2.22. The fourth-order valence-electron chi connectivity index (χ4n) is 1.86. The van der Waals surface area contributed by atoms with E-state index in [0.29, 0.717) is 18.0 Å². The maximum Gasteiger partial charge on any atom is 0.128 e. The highest BCUT2D eigenvalue weighted by Gasteiger charge is 2.09. The summed E-state index contributed by atoms with van der Waals surface area (Å²) in [5.41, 5.74) is 2.58. The van der Waals surface area contributed by atoms with Crippen molar-refractivity contribution in [2.45, 2.75) is 12.4 Å². The summed E-state index contributed by atoms with van der Waals surface area (Å²) in [4.78, 5) is 6.01. The second-order valence-corrected chi connectivity index (χ2v) is 4.35. The molecule has 0 unspecified atom stereocenters. The van der Waals surface area contributed by atoms with Gasteiger partial charge in [-0.3, -0.25) is 4.98 Å². The van der Waals surface area contributed by atoms with Gasteiger partial charge in [0.05, 0.1) is 5.88 Å². The molecule has 0 aliphatic rings. The molecule has 1 aromatic heterocycles. The summed E-state index contributed by atoms with van der Waals surface area (Å²) in [6.45, 7) is 0.501. The van der Waals surface area contributed by atoms with Crippen LogP contribution in [-0.2, 0) is 12.4 Å². The molecule has 2 nitrogen and oxygen atoms in total. The van der Waals surface area contributed by atoms with Gasteiger partial charge in [-0.05, 0) is 12.1 Å². The summed E-state index contributed by atoms with van der Waals surface area (Å²) in [6, 6.07) is 8.67. The van der Waals surface area contributed by atoms with Gasteiger partial charge in [0.2, 0.25) is 0 Å². The second-order valence-electron chi connectivity index (χ2n) is 4.09. The Labute approximate surface area is 111 Å². The molecule has 0 spiro atoms. The third-order valence-corrected chi connectivity index (χ3v) is 3.09. The summed E-state index contributed by atoms with van der Waals surface area (Å²) in [6.07, 6.45) is 3.45. The number of alkyl halides is 1. The number of hydrogen-bond acceptors (Lipinski definition) is 2. The zero-order valence-electron chi connectivity index (χ0n) is 10.1. The molecule has 0 saturated heterocycles. The molecule has 2 rings (SSSR count). The number of halogens is 2. The van der Waals surface area contributed by atoms with Crippen molar-refractivity contribution in [3.05, 3.63) is 59.7 Å². The van der Waals surface area contributed by atoms with Gasteiger partial charge in [-0.2, -0.15) is 0 Å². The lowest BCUT2D eigenvalue weighted by Crippen LogP contribution is -2.18. The molecule has 1 heterocycles. The van der Waals surface area contributed by atoms with E-state index < -0.39 is 0 Å². The first-order valence-electron chi connectivity index (χ1n) is 5.65. The molecule has 0 radical (unpaired) electrons. The fraction of sp³-hybridized carbons (Fsp3) is 0.214. The van der Waals surface area contributed by atoms with Crippen LogP contribution in [0.25, 0.3) is 0 Å². The van der Waals surface area contributed by atoms with Gasteiger partial charge < -0.3 is 4.90 Å². The quantitative estimate of drug-likeness (QED) is 0.785. The van der Waals surface area contributed by atoms with Crippen molar-refractivity contribution >= 4 is 17.3 Å². The molecule has 0 amide bonds. The highest BCUT2D eigenvalue weighted by atomic mass is 35.5. The Kier molecular flexibility index (Phi) is 4.15. The molecule has 0 N–H and O–H groups in total. The van der Waals surface area contributed by atoms with Crippen molar-refractivity contribution in [2.75, 3.05) is 11.9 Å². The highest BCUT2D eigenvalue weighted by Crippen LogP contribution is 2.22. The van der Waals surface area contributed by atoms with E-state index in [1.807, 2.05) is 24.1 Å². The first kappa shape index (κ1) is 12.8. The third kappa shape index (κ3) is 2.79. The third-order valence-electron chi connectivity index (χ3n) is 2.80. The van der Waals surface area contributed by atoms with Crippen LogP contribution in [0, 0.1) is 5.82 Å². The summed E-state index contributed by atoms with van der Waals surface area (Å²) in [5, 5.41) is 0. The molecule has 18 heavy (non-hydrogen) atoms. The van der Waals surface area contributed by atoms with Crippen LogP contribution >= 0.6 is 11.6 Å². The van der Waals surface area contributed by atoms with Crippen molar-refractivity contribution in [1.29, 1.82) is 0 Å². The highest BCUT2D eigenvalue weighted by molar-refractivity contribution is 6.17. The van der Waals surface area contributed by atoms with E-state index in [9.17, 15) is 4.39 Å². The second kappa shape index (κ2) is 5.83. The van der Waals surface area contributed by atoms with Crippen LogP contribution in [0.2, 0.25) is 0 Å². The van der Waals surface area contributed by atoms with Crippen LogP contribution in [-0.4, -0.2) is 12.0 Å². The number of nitrogens with zero attached hydrogens (tertiary/aromatic N) is 2. The Bertz CT molecular complexity index is 531. The molecule has 0 saturated carbocycles.